The summed E-state index contributed by atoms with van der Waals surface area (Å²) in [5, 5.41) is 26.6. The fourth-order valence-corrected chi connectivity index (χ4v) is 6.99. The quantitative estimate of drug-likeness (QED) is 0.492. The van der Waals surface area contributed by atoms with Crippen molar-refractivity contribution >= 4 is 28.7 Å². The summed E-state index contributed by atoms with van der Waals surface area (Å²) < 4.78 is 33.7. The number of carboxylic acids is 2. The summed E-state index contributed by atoms with van der Waals surface area (Å²) in [5.41, 5.74) is 2.14. The molecule has 0 radical (unpaired) electrons. The molecule has 4 fully saturated rings. The van der Waals surface area contributed by atoms with E-state index in [4.69, 9.17) is 14.9 Å². The molecule has 2 N–H and O–H groups in total. The summed E-state index contributed by atoms with van der Waals surface area (Å²) in [6.07, 6.45) is 1.86. The number of hydrogen-bond donors (Lipinski definition) is 2. The fraction of sp³-hybridized carbons (Fsp3) is 0.481. The highest BCUT2D eigenvalue weighted by atomic mass is 19.4. The lowest BCUT2D eigenvalue weighted by atomic mass is 9.89. The van der Waals surface area contributed by atoms with E-state index in [1.165, 1.54) is 0 Å². The van der Waals surface area contributed by atoms with E-state index in [1.54, 1.807) is 0 Å². The molecule has 4 aliphatic rings. The van der Waals surface area contributed by atoms with Crippen LogP contribution < -0.4 is 0 Å². The summed E-state index contributed by atoms with van der Waals surface area (Å²) in [5.74, 6) is -3.46. The lowest BCUT2D eigenvalue weighted by Gasteiger charge is -2.27. The number of carboxylic acid groups (broad SMARTS) is 2. The van der Waals surface area contributed by atoms with E-state index in [9.17, 15) is 27.9 Å². The van der Waals surface area contributed by atoms with Crippen molar-refractivity contribution in [1.82, 2.24) is 24.9 Å². The molecule has 0 spiro atoms. The summed E-state index contributed by atoms with van der Waals surface area (Å²) in [6.45, 7) is 0. The van der Waals surface area contributed by atoms with Crippen LogP contribution in [0.5, 0.6) is 0 Å². The first kappa shape index (κ1) is 26.2. The van der Waals surface area contributed by atoms with Crippen molar-refractivity contribution in [1.29, 1.82) is 0 Å². The maximum atomic E-state index is 13.6. The number of hydrogen-bond acceptors (Lipinski definition) is 6. The van der Waals surface area contributed by atoms with Crippen LogP contribution in [0.1, 0.15) is 44.6 Å². The van der Waals surface area contributed by atoms with Gasteiger partial charge in [-0.2, -0.15) is 13.2 Å². The van der Waals surface area contributed by atoms with E-state index in [-0.39, 0.29) is 35.4 Å². The van der Waals surface area contributed by atoms with Crippen molar-refractivity contribution in [3.8, 4) is 11.4 Å². The Bertz CT molecular complexity index is 1510. The molecule has 6 atom stereocenters. The Morgan fingerprint density at radius 3 is 2.40 bits per heavy atom. The van der Waals surface area contributed by atoms with Gasteiger partial charge in [-0.05, 0) is 56.6 Å². The van der Waals surface area contributed by atoms with Crippen LogP contribution >= 0.6 is 0 Å². The molecule has 10 nitrogen and oxygen atoms in total. The summed E-state index contributed by atoms with van der Waals surface area (Å²) in [6, 6.07) is 12.2. The zero-order chi connectivity index (χ0) is 28.4. The van der Waals surface area contributed by atoms with Crippen molar-refractivity contribution in [2.24, 2.45) is 17.3 Å². The van der Waals surface area contributed by atoms with Crippen molar-refractivity contribution in [3.05, 3.63) is 42.6 Å². The van der Waals surface area contributed by atoms with Crippen LogP contribution in [-0.4, -0.2) is 71.2 Å². The van der Waals surface area contributed by atoms with Gasteiger partial charge in [0.05, 0.1) is 34.8 Å². The molecule has 2 saturated carbocycles. The van der Waals surface area contributed by atoms with Gasteiger partial charge in [-0.25, -0.2) is 14.5 Å². The van der Waals surface area contributed by atoms with E-state index in [0.717, 1.165) is 54.4 Å². The second-order valence-corrected chi connectivity index (χ2v) is 11.0. The highest BCUT2D eigenvalue weighted by Crippen LogP contribution is 2.69. The third kappa shape index (κ3) is 4.27. The predicted molar refractivity (Wildman–Crippen MR) is 133 cm³/mol. The molecule has 0 unspecified atom stereocenters. The van der Waals surface area contributed by atoms with Crippen LogP contribution in [0.25, 0.3) is 22.3 Å². The van der Waals surface area contributed by atoms with Gasteiger partial charge in [0.25, 0.3) is 0 Å². The molecule has 2 aliphatic heterocycles. The van der Waals surface area contributed by atoms with E-state index in [1.807, 2.05) is 52.2 Å². The number of carbonyl (C=O) groups excluding carboxylic acids is 1. The predicted octanol–water partition coefficient (Wildman–Crippen LogP) is 3.93. The minimum atomic E-state index is -5.08. The van der Waals surface area contributed by atoms with Crippen LogP contribution in [0.4, 0.5) is 13.2 Å². The second-order valence-electron chi connectivity index (χ2n) is 11.0. The van der Waals surface area contributed by atoms with Gasteiger partial charge in [-0.1, -0.05) is 29.5 Å². The van der Waals surface area contributed by atoms with Crippen molar-refractivity contribution in [2.45, 2.75) is 62.8 Å². The minimum Gasteiger partial charge on any atom is -0.481 e. The SMILES string of the molecule is O=C(O)C(F)(F)F.O=C(O)[C@@H]1C[C@H]2CC[C@@H]1N2C(=O)[C@@]12CC[C@H](n3cc(-c4ccc5ccccc5n4)nn3)[C@@H]1C2. The van der Waals surface area contributed by atoms with Gasteiger partial charge in [-0.3, -0.25) is 9.59 Å². The van der Waals surface area contributed by atoms with Crippen molar-refractivity contribution in [2.75, 3.05) is 0 Å². The van der Waals surface area contributed by atoms with Gasteiger partial charge < -0.3 is 15.1 Å². The van der Waals surface area contributed by atoms with Gasteiger partial charge in [0.15, 0.2) is 0 Å². The number of aromatic nitrogens is 4. The number of benzene rings is 1. The number of alkyl halides is 3. The molecule has 40 heavy (non-hydrogen) atoms. The Labute approximate surface area is 225 Å². The van der Waals surface area contributed by atoms with Crippen LogP contribution in [0.3, 0.4) is 0 Å². The highest BCUT2D eigenvalue weighted by Gasteiger charge is 2.70. The zero-order valence-electron chi connectivity index (χ0n) is 21.2. The first-order valence-electron chi connectivity index (χ1n) is 13.1. The van der Waals surface area contributed by atoms with Gasteiger partial charge in [0, 0.05) is 17.5 Å². The summed E-state index contributed by atoms with van der Waals surface area (Å²) >= 11 is 0. The van der Waals surface area contributed by atoms with E-state index in [2.05, 4.69) is 10.3 Å². The third-order valence-electron chi connectivity index (χ3n) is 8.95. The normalized spacial score (nSPS) is 30.1. The Balaban J connectivity index is 0.000000370. The topological polar surface area (TPSA) is 139 Å². The molecule has 2 saturated heterocycles. The van der Waals surface area contributed by atoms with Crippen molar-refractivity contribution < 1.29 is 37.8 Å². The molecule has 3 aromatic rings. The molecule has 2 bridgehead atoms. The zero-order valence-corrected chi connectivity index (χ0v) is 21.2. The van der Waals surface area contributed by atoms with E-state index < -0.39 is 24.0 Å². The minimum absolute atomic E-state index is 0.107. The Morgan fingerprint density at radius 2 is 1.73 bits per heavy atom. The number of pyridine rings is 1. The second kappa shape index (κ2) is 9.27. The number of amides is 1. The first-order valence-corrected chi connectivity index (χ1v) is 13.1. The first-order chi connectivity index (χ1) is 19.0. The lowest BCUT2D eigenvalue weighted by molar-refractivity contribution is -0.192. The molecule has 13 heteroatoms. The molecule has 7 rings (SSSR count). The molecular formula is C27H26F3N5O5. The van der Waals surface area contributed by atoms with Gasteiger partial charge in [-0.15, -0.1) is 5.10 Å². The summed E-state index contributed by atoms with van der Waals surface area (Å²) in [4.78, 5) is 40.9. The van der Waals surface area contributed by atoms with Crippen LogP contribution in [0.15, 0.2) is 42.6 Å². The van der Waals surface area contributed by atoms with Gasteiger partial charge in [0.1, 0.15) is 5.69 Å². The van der Waals surface area contributed by atoms with Crippen LogP contribution in [0, 0.1) is 17.3 Å². The average Bonchev–Trinajstić information content (AvgIpc) is 3.38. The number of halogens is 3. The lowest BCUT2D eigenvalue weighted by Crippen LogP contribution is -2.42. The highest BCUT2D eigenvalue weighted by molar-refractivity contribution is 5.89. The number of rotatable bonds is 4. The molecule has 210 valence electrons. The molecule has 1 aromatic carbocycles. The maximum Gasteiger partial charge on any atom is 0.490 e. The van der Waals surface area contributed by atoms with Gasteiger partial charge >= 0.3 is 18.1 Å². The molecule has 1 amide bonds. The summed E-state index contributed by atoms with van der Waals surface area (Å²) in [7, 11) is 0. The Kier molecular flexibility index (Phi) is 6.07. The number of nitrogens with zero attached hydrogens (tertiary/aromatic N) is 5. The molecule has 2 aromatic heterocycles. The number of carbonyl (C=O) groups is 3. The molecule has 4 heterocycles. The number of aliphatic carboxylic acids is 2. The molecular weight excluding hydrogens is 531 g/mol. The average molecular weight is 558 g/mol. The van der Waals surface area contributed by atoms with Crippen molar-refractivity contribution in [3.63, 3.8) is 0 Å². The molecule has 2 aliphatic carbocycles. The third-order valence-corrected chi connectivity index (χ3v) is 8.95. The number of para-hydroxylation sites is 1. The van der Waals surface area contributed by atoms with Crippen LogP contribution in [-0.2, 0) is 14.4 Å². The van der Waals surface area contributed by atoms with E-state index in [0.29, 0.717) is 6.42 Å². The van der Waals surface area contributed by atoms with Gasteiger partial charge in [0.2, 0.25) is 5.91 Å². The van der Waals surface area contributed by atoms with Crippen LogP contribution in [0.2, 0.25) is 0 Å². The number of fused-ring (bicyclic) bond motifs is 4. The maximum absolute atomic E-state index is 13.6. The monoisotopic (exact) mass is 557 g/mol. The fourth-order valence-electron chi connectivity index (χ4n) is 6.99. The Hall–Kier alpha value is -4.03. The van der Waals surface area contributed by atoms with E-state index >= 15 is 0 Å². The largest absolute Gasteiger partial charge is 0.490 e. The Morgan fingerprint density at radius 1 is 0.975 bits per heavy atom. The standard InChI is InChI=1S/C25H25N5O3.C2HF3O2/c31-23(32)16-11-15-6-8-21(16)30(15)24(33)25-10-9-22(17(25)12-25)29-13-20(27-28-29)19-7-5-14-3-1-2-4-18(14)26-19;3-2(4,5)1(6)7/h1-5,7,13,15-17,21-22H,6,8-12H2,(H,31,32);(H,6,7)/t15-,16-,17+,21+,22+,25-;/m1./s1. The smallest absolute Gasteiger partial charge is 0.481 e.